The molecule has 0 aliphatic carbocycles. The smallest absolute Gasteiger partial charge is 0.270 e. The number of halogens is 2. The van der Waals surface area contributed by atoms with E-state index in [1.165, 1.54) is 35.6 Å². The van der Waals surface area contributed by atoms with E-state index in [4.69, 9.17) is 23.2 Å². The van der Waals surface area contributed by atoms with Crippen LogP contribution in [-0.4, -0.2) is 15.8 Å². The Balaban J connectivity index is 1.72. The number of non-ortho nitro benzene ring substituents is 1. The lowest BCUT2D eigenvalue weighted by atomic mass is 10.1. The summed E-state index contributed by atoms with van der Waals surface area (Å²) in [4.78, 5) is 26.8. The summed E-state index contributed by atoms with van der Waals surface area (Å²) < 4.78 is 0. The van der Waals surface area contributed by atoms with E-state index in [2.05, 4.69) is 10.3 Å². The van der Waals surface area contributed by atoms with Crippen LogP contribution in [0.5, 0.6) is 0 Å². The van der Waals surface area contributed by atoms with Crippen LogP contribution in [0.3, 0.4) is 0 Å². The first-order valence-electron chi connectivity index (χ1n) is 7.57. The maximum Gasteiger partial charge on any atom is 0.270 e. The van der Waals surface area contributed by atoms with Crippen molar-refractivity contribution in [3.05, 3.63) is 79.6 Å². The number of amides is 1. The van der Waals surface area contributed by atoms with Crippen molar-refractivity contribution in [1.82, 2.24) is 4.98 Å². The predicted molar refractivity (Wildman–Crippen MR) is 108 cm³/mol. The molecule has 0 aliphatic rings. The topological polar surface area (TPSA) is 85.1 Å². The van der Waals surface area contributed by atoms with E-state index in [9.17, 15) is 14.9 Å². The van der Waals surface area contributed by atoms with Gasteiger partial charge in [0.25, 0.3) is 5.69 Å². The largest absolute Gasteiger partial charge is 0.298 e. The summed E-state index contributed by atoms with van der Waals surface area (Å²) in [7, 11) is 0. The lowest BCUT2D eigenvalue weighted by Gasteiger charge is -2.01. The van der Waals surface area contributed by atoms with Crippen LogP contribution >= 0.6 is 34.5 Å². The molecule has 0 fully saturated rings. The van der Waals surface area contributed by atoms with Gasteiger partial charge in [-0.05, 0) is 18.2 Å². The third-order valence-electron chi connectivity index (χ3n) is 3.49. The number of nitrogens with one attached hydrogen (secondary N) is 1. The molecule has 0 unspecified atom stereocenters. The number of carbonyl (C=O) groups is 1. The highest BCUT2D eigenvalue weighted by Crippen LogP contribution is 2.28. The third kappa shape index (κ3) is 4.71. The number of thiazole rings is 1. The van der Waals surface area contributed by atoms with Crippen molar-refractivity contribution < 1.29 is 9.72 Å². The van der Waals surface area contributed by atoms with Crippen LogP contribution in [0.25, 0.3) is 17.3 Å². The molecule has 0 spiro atoms. The number of hydrogen-bond acceptors (Lipinski definition) is 5. The summed E-state index contributed by atoms with van der Waals surface area (Å²) in [6, 6.07) is 11.2. The number of anilines is 1. The summed E-state index contributed by atoms with van der Waals surface area (Å²) in [6.07, 6.45) is 2.83. The van der Waals surface area contributed by atoms with E-state index in [0.29, 0.717) is 32.0 Å². The molecule has 1 aromatic heterocycles. The van der Waals surface area contributed by atoms with Gasteiger partial charge >= 0.3 is 0 Å². The quantitative estimate of drug-likeness (QED) is 0.327. The van der Waals surface area contributed by atoms with Crippen molar-refractivity contribution in [2.75, 3.05) is 5.32 Å². The van der Waals surface area contributed by atoms with E-state index < -0.39 is 10.8 Å². The minimum absolute atomic E-state index is 0.0226. The van der Waals surface area contributed by atoms with Crippen molar-refractivity contribution in [1.29, 1.82) is 0 Å². The second-order valence-electron chi connectivity index (χ2n) is 5.30. The molecule has 1 amide bonds. The Hall–Kier alpha value is -2.74. The van der Waals surface area contributed by atoms with Gasteiger partial charge in [-0.3, -0.25) is 20.2 Å². The number of nitrogens with zero attached hydrogens (tertiary/aromatic N) is 2. The number of nitro groups is 1. The lowest BCUT2D eigenvalue weighted by molar-refractivity contribution is -0.384. The van der Waals surface area contributed by atoms with Gasteiger partial charge < -0.3 is 0 Å². The molecule has 27 heavy (non-hydrogen) atoms. The molecule has 0 bridgehead atoms. The van der Waals surface area contributed by atoms with Gasteiger partial charge in [0.15, 0.2) is 5.13 Å². The highest BCUT2D eigenvalue weighted by Gasteiger charge is 2.11. The summed E-state index contributed by atoms with van der Waals surface area (Å²) in [6.45, 7) is 0. The molecule has 0 saturated heterocycles. The first-order chi connectivity index (χ1) is 12.9. The molecule has 1 N–H and O–H groups in total. The van der Waals surface area contributed by atoms with Crippen molar-refractivity contribution in [3.8, 4) is 11.3 Å². The Bertz CT molecular complexity index is 1030. The number of rotatable bonds is 5. The normalized spacial score (nSPS) is 10.9. The molecule has 136 valence electrons. The highest BCUT2D eigenvalue weighted by molar-refractivity contribution is 7.14. The Morgan fingerprint density at radius 1 is 1.19 bits per heavy atom. The SMILES string of the molecule is O=C(C=Cc1c(Cl)cccc1Cl)Nc1nc(-c2cccc([N+](=O)[O-])c2)cs1. The maximum atomic E-state index is 12.1. The molecular weight excluding hydrogens is 409 g/mol. The summed E-state index contributed by atoms with van der Waals surface area (Å²) in [5.41, 5.74) is 1.66. The molecule has 2 aromatic carbocycles. The van der Waals surface area contributed by atoms with Crippen LogP contribution in [0, 0.1) is 10.1 Å². The zero-order chi connectivity index (χ0) is 19.4. The molecule has 9 heteroatoms. The minimum Gasteiger partial charge on any atom is -0.298 e. The van der Waals surface area contributed by atoms with Crippen molar-refractivity contribution in [3.63, 3.8) is 0 Å². The van der Waals surface area contributed by atoms with Gasteiger partial charge in [0, 0.05) is 44.8 Å². The van der Waals surface area contributed by atoms with Gasteiger partial charge in [0.2, 0.25) is 5.91 Å². The molecule has 0 aliphatic heterocycles. The molecule has 0 atom stereocenters. The van der Waals surface area contributed by atoms with Crippen LogP contribution < -0.4 is 5.32 Å². The fourth-order valence-corrected chi connectivity index (χ4v) is 3.46. The molecule has 6 nitrogen and oxygen atoms in total. The second kappa shape index (κ2) is 8.30. The highest BCUT2D eigenvalue weighted by atomic mass is 35.5. The first-order valence-corrected chi connectivity index (χ1v) is 9.21. The second-order valence-corrected chi connectivity index (χ2v) is 6.98. The Morgan fingerprint density at radius 3 is 2.59 bits per heavy atom. The monoisotopic (exact) mass is 419 g/mol. The molecule has 3 rings (SSSR count). The Labute approximate surface area is 168 Å². The van der Waals surface area contributed by atoms with E-state index in [-0.39, 0.29) is 5.69 Å². The van der Waals surface area contributed by atoms with E-state index in [1.807, 2.05) is 0 Å². The number of nitro benzene ring substituents is 1. The fraction of sp³-hybridized carbons (Fsp3) is 0. The predicted octanol–water partition coefficient (Wildman–Crippen LogP) is 5.68. The number of carbonyl (C=O) groups excluding carboxylic acids is 1. The molecule has 1 heterocycles. The van der Waals surface area contributed by atoms with E-state index >= 15 is 0 Å². The molecule has 0 saturated carbocycles. The van der Waals surface area contributed by atoms with Crippen molar-refractivity contribution >= 4 is 57.3 Å². The molecule has 3 aromatic rings. The molecule has 0 radical (unpaired) electrons. The maximum absolute atomic E-state index is 12.1. The van der Waals surface area contributed by atoms with Crippen molar-refractivity contribution in [2.24, 2.45) is 0 Å². The Kier molecular flexibility index (Phi) is 5.85. The van der Waals surface area contributed by atoms with E-state index in [0.717, 1.165) is 0 Å². The fourth-order valence-electron chi connectivity index (χ4n) is 2.22. The standard InChI is InChI=1S/C18H11Cl2N3O3S/c19-14-5-2-6-15(20)13(14)7-8-17(24)22-18-21-16(10-27-18)11-3-1-4-12(9-11)23(25)26/h1-10H,(H,21,22,24). The van der Waals surface area contributed by atoms with Crippen LogP contribution in [0.15, 0.2) is 53.9 Å². The van der Waals surface area contributed by atoms with Crippen molar-refractivity contribution in [2.45, 2.75) is 0 Å². The van der Waals surface area contributed by atoms with Gasteiger partial charge in [-0.1, -0.05) is 41.4 Å². The summed E-state index contributed by atoms with van der Waals surface area (Å²) in [5, 5.41) is 16.5. The van der Waals surface area contributed by atoms with Gasteiger partial charge in [-0.15, -0.1) is 11.3 Å². The van der Waals surface area contributed by atoms with Crippen LogP contribution in [-0.2, 0) is 4.79 Å². The Morgan fingerprint density at radius 2 is 1.89 bits per heavy atom. The first kappa shape index (κ1) is 19.0. The molecular formula is C18H11Cl2N3O3S. The number of benzene rings is 2. The van der Waals surface area contributed by atoms with Gasteiger partial charge in [-0.25, -0.2) is 4.98 Å². The minimum atomic E-state index is -0.469. The van der Waals surface area contributed by atoms with Gasteiger partial charge in [0.1, 0.15) is 0 Å². The van der Waals surface area contributed by atoms with Crippen LogP contribution in [0.2, 0.25) is 10.0 Å². The van der Waals surface area contributed by atoms with Gasteiger partial charge in [0.05, 0.1) is 10.6 Å². The van der Waals surface area contributed by atoms with Crippen LogP contribution in [0.1, 0.15) is 5.56 Å². The third-order valence-corrected chi connectivity index (χ3v) is 4.91. The zero-order valence-electron chi connectivity index (χ0n) is 13.6. The summed E-state index contributed by atoms with van der Waals surface area (Å²) in [5.74, 6) is -0.397. The number of hydrogen-bond donors (Lipinski definition) is 1. The summed E-state index contributed by atoms with van der Waals surface area (Å²) >= 11 is 13.3. The average molecular weight is 420 g/mol. The van der Waals surface area contributed by atoms with E-state index in [1.54, 1.807) is 35.7 Å². The number of aromatic nitrogens is 1. The lowest BCUT2D eigenvalue weighted by Crippen LogP contribution is -2.07. The van der Waals surface area contributed by atoms with Gasteiger partial charge in [-0.2, -0.15) is 0 Å². The average Bonchev–Trinajstić information content (AvgIpc) is 3.10. The van der Waals surface area contributed by atoms with Crippen LogP contribution in [0.4, 0.5) is 10.8 Å². The zero-order valence-corrected chi connectivity index (χ0v) is 15.9.